The van der Waals surface area contributed by atoms with E-state index in [0.29, 0.717) is 18.8 Å². The summed E-state index contributed by atoms with van der Waals surface area (Å²) in [4.78, 5) is 11.4. The molecule has 5 nitrogen and oxygen atoms in total. The predicted molar refractivity (Wildman–Crippen MR) is 79.0 cm³/mol. The van der Waals surface area contributed by atoms with E-state index in [1.54, 1.807) is 12.1 Å². The van der Waals surface area contributed by atoms with Crippen LogP contribution in [0.1, 0.15) is 35.2 Å². The number of carbonyl (C=O) groups is 1. The number of hydrazine groups is 1. The van der Waals surface area contributed by atoms with Crippen LogP contribution >= 0.6 is 15.9 Å². The Kier molecular flexibility index (Phi) is 5.97. The minimum atomic E-state index is -0.311. The molecule has 0 spiro atoms. The average molecular weight is 343 g/mol. The van der Waals surface area contributed by atoms with Crippen LogP contribution in [-0.2, 0) is 16.1 Å². The molecule has 110 valence electrons. The van der Waals surface area contributed by atoms with E-state index in [9.17, 15) is 4.79 Å². The maximum atomic E-state index is 11.4. The van der Waals surface area contributed by atoms with Gasteiger partial charge in [-0.2, -0.15) is 0 Å². The third-order valence-corrected chi connectivity index (χ3v) is 4.02. The Morgan fingerprint density at radius 3 is 3.00 bits per heavy atom. The van der Waals surface area contributed by atoms with Gasteiger partial charge in [0.25, 0.3) is 5.91 Å². The summed E-state index contributed by atoms with van der Waals surface area (Å²) >= 11 is 3.44. The molecule has 1 aromatic carbocycles. The highest BCUT2D eigenvalue weighted by Crippen LogP contribution is 2.20. The number of benzene rings is 1. The summed E-state index contributed by atoms with van der Waals surface area (Å²) in [7, 11) is 0. The predicted octanol–water partition coefficient (Wildman–Crippen LogP) is 2.14. The van der Waals surface area contributed by atoms with Gasteiger partial charge in [-0.05, 0) is 37.0 Å². The van der Waals surface area contributed by atoms with E-state index >= 15 is 0 Å². The molecular formula is C14H19BrN2O3. The average Bonchev–Trinajstić information content (AvgIpc) is 2.49. The lowest BCUT2D eigenvalue weighted by molar-refractivity contribution is -0.0448. The van der Waals surface area contributed by atoms with E-state index in [4.69, 9.17) is 15.3 Å². The third-order valence-electron chi connectivity index (χ3n) is 3.28. The molecule has 1 fully saturated rings. The Labute approximate surface area is 126 Å². The van der Waals surface area contributed by atoms with Gasteiger partial charge in [-0.25, -0.2) is 5.84 Å². The topological polar surface area (TPSA) is 73.6 Å². The van der Waals surface area contributed by atoms with Crippen molar-refractivity contribution in [1.82, 2.24) is 5.43 Å². The zero-order valence-corrected chi connectivity index (χ0v) is 12.8. The number of halogens is 1. The number of nitrogen functional groups attached to an aromatic ring is 1. The van der Waals surface area contributed by atoms with Crippen LogP contribution in [-0.4, -0.2) is 25.2 Å². The van der Waals surface area contributed by atoms with Crippen molar-refractivity contribution in [2.45, 2.75) is 32.0 Å². The quantitative estimate of drug-likeness (QED) is 0.488. The van der Waals surface area contributed by atoms with E-state index < -0.39 is 0 Å². The summed E-state index contributed by atoms with van der Waals surface area (Å²) in [6.07, 6.45) is 3.63. The van der Waals surface area contributed by atoms with Crippen LogP contribution < -0.4 is 11.3 Å². The van der Waals surface area contributed by atoms with Crippen LogP contribution in [0.15, 0.2) is 22.7 Å². The highest BCUT2D eigenvalue weighted by atomic mass is 79.9. The van der Waals surface area contributed by atoms with Crippen LogP contribution in [0.2, 0.25) is 0 Å². The van der Waals surface area contributed by atoms with Gasteiger partial charge in [0.2, 0.25) is 0 Å². The minimum absolute atomic E-state index is 0.213. The second-order valence-electron chi connectivity index (χ2n) is 4.78. The second-order valence-corrected chi connectivity index (χ2v) is 5.64. The second kappa shape index (κ2) is 7.73. The van der Waals surface area contributed by atoms with E-state index in [1.165, 1.54) is 6.42 Å². The summed E-state index contributed by atoms with van der Waals surface area (Å²) < 4.78 is 12.1. The fourth-order valence-corrected chi connectivity index (χ4v) is 2.62. The summed E-state index contributed by atoms with van der Waals surface area (Å²) in [6.45, 7) is 1.93. The van der Waals surface area contributed by atoms with Gasteiger partial charge in [-0.3, -0.25) is 10.2 Å². The number of nitrogens with one attached hydrogen (secondary N) is 1. The molecule has 0 aliphatic carbocycles. The zero-order valence-electron chi connectivity index (χ0n) is 11.2. The molecule has 1 atom stereocenters. The monoisotopic (exact) mass is 342 g/mol. The number of nitrogens with two attached hydrogens (primary N) is 1. The molecule has 1 aliphatic heterocycles. The van der Waals surface area contributed by atoms with Crippen molar-refractivity contribution in [3.63, 3.8) is 0 Å². The lowest BCUT2D eigenvalue weighted by Crippen LogP contribution is -2.30. The summed E-state index contributed by atoms with van der Waals surface area (Å²) in [6, 6.07) is 5.32. The molecule has 6 heteroatoms. The van der Waals surface area contributed by atoms with Crippen LogP contribution in [0.25, 0.3) is 0 Å². The zero-order chi connectivity index (χ0) is 14.4. The molecule has 2 rings (SSSR count). The Hall–Kier alpha value is -0.950. The third kappa shape index (κ3) is 4.28. The van der Waals surface area contributed by atoms with Gasteiger partial charge in [-0.15, -0.1) is 0 Å². The van der Waals surface area contributed by atoms with Gasteiger partial charge in [0.15, 0.2) is 0 Å². The van der Waals surface area contributed by atoms with Crippen molar-refractivity contribution < 1.29 is 14.3 Å². The number of hydrogen-bond donors (Lipinski definition) is 2. The summed E-state index contributed by atoms with van der Waals surface area (Å²) in [5, 5.41) is 0. The number of hydrogen-bond acceptors (Lipinski definition) is 4. The number of amides is 1. The van der Waals surface area contributed by atoms with Gasteiger partial charge in [-0.1, -0.05) is 22.0 Å². The van der Waals surface area contributed by atoms with Gasteiger partial charge in [0.1, 0.15) is 0 Å². The first-order chi connectivity index (χ1) is 9.70. The molecule has 0 bridgehead atoms. The van der Waals surface area contributed by atoms with Crippen molar-refractivity contribution in [1.29, 1.82) is 0 Å². The van der Waals surface area contributed by atoms with Gasteiger partial charge in [0, 0.05) is 16.6 Å². The summed E-state index contributed by atoms with van der Waals surface area (Å²) in [5.74, 6) is 4.79. The lowest BCUT2D eigenvalue weighted by Gasteiger charge is -2.22. The van der Waals surface area contributed by atoms with Crippen molar-refractivity contribution in [2.24, 2.45) is 5.84 Å². The Morgan fingerprint density at radius 2 is 2.35 bits per heavy atom. The van der Waals surface area contributed by atoms with Gasteiger partial charge in [0.05, 0.1) is 19.3 Å². The molecule has 0 aromatic heterocycles. The molecule has 1 aliphatic rings. The Bertz CT molecular complexity index is 462. The number of ether oxygens (including phenoxy) is 2. The fourth-order valence-electron chi connectivity index (χ4n) is 2.13. The standard InChI is InChI=1S/C14H19BrN2O3/c15-13-7-10(14(18)17-16)4-5-11(13)8-19-9-12-3-1-2-6-20-12/h4-5,7,12H,1-3,6,8-9,16H2,(H,17,18). The largest absolute Gasteiger partial charge is 0.376 e. The van der Waals surface area contributed by atoms with E-state index in [1.807, 2.05) is 6.07 Å². The van der Waals surface area contributed by atoms with Crippen LogP contribution in [0, 0.1) is 0 Å². The first kappa shape index (κ1) is 15.4. The van der Waals surface area contributed by atoms with Crippen LogP contribution in [0.3, 0.4) is 0 Å². The molecule has 1 unspecified atom stereocenters. The fraction of sp³-hybridized carbons (Fsp3) is 0.500. The van der Waals surface area contributed by atoms with E-state index in [0.717, 1.165) is 29.5 Å². The molecular weight excluding hydrogens is 324 g/mol. The van der Waals surface area contributed by atoms with Crippen molar-refractivity contribution >= 4 is 21.8 Å². The van der Waals surface area contributed by atoms with E-state index in [2.05, 4.69) is 21.4 Å². The smallest absolute Gasteiger partial charge is 0.265 e. The Morgan fingerprint density at radius 1 is 1.50 bits per heavy atom. The van der Waals surface area contributed by atoms with E-state index in [-0.39, 0.29) is 12.0 Å². The van der Waals surface area contributed by atoms with Crippen molar-refractivity contribution in [2.75, 3.05) is 13.2 Å². The molecule has 0 radical (unpaired) electrons. The van der Waals surface area contributed by atoms with Crippen molar-refractivity contribution in [3.8, 4) is 0 Å². The molecule has 1 saturated heterocycles. The van der Waals surface area contributed by atoms with Crippen LogP contribution in [0.5, 0.6) is 0 Å². The SMILES string of the molecule is NNC(=O)c1ccc(COCC2CCCCO2)c(Br)c1. The molecule has 0 saturated carbocycles. The maximum Gasteiger partial charge on any atom is 0.265 e. The lowest BCUT2D eigenvalue weighted by atomic mass is 10.1. The maximum absolute atomic E-state index is 11.4. The Balaban J connectivity index is 1.84. The van der Waals surface area contributed by atoms with Crippen molar-refractivity contribution in [3.05, 3.63) is 33.8 Å². The molecule has 1 aromatic rings. The normalized spacial score (nSPS) is 18.8. The highest BCUT2D eigenvalue weighted by Gasteiger charge is 2.14. The van der Waals surface area contributed by atoms with Gasteiger partial charge >= 0.3 is 0 Å². The first-order valence-electron chi connectivity index (χ1n) is 6.69. The number of carbonyl (C=O) groups excluding carboxylic acids is 1. The summed E-state index contributed by atoms with van der Waals surface area (Å²) in [5.41, 5.74) is 3.61. The highest BCUT2D eigenvalue weighted by molar-refractivity contribution is 9.10. The molecule has 1 amide bonds. The minimum Gasteiger partial charge on any atom is -0.376 e. The first-order valence-corrected chi connectivity index (χ1v) is 7.48. The molecule has 3 N–H and O–H groups in total. The molecule has 20 heavy (non-hydrogen) atoms. The van der Waals surface area contributed by atoms with Crippen LogP contribution in [0.4, 0.5) is 0 Å². The van der Waals surface area contributed by atoms with Gasteiger partial charge < -0.3 is 9.47 Å². The molecule has 1 heterocycles. The number of rotatable bonds is 5.